The maximum atomic E-state index is 13.5. The van der Waals surface area contributed by atoms with Crippen LogP contribution >= 0.6 is 23.2 Å². The minimum atomic E-state index is -1.06. The number of nitrogens with zero attached hydrogens (tertiary/aromatic N) is 4. The van der Waals surface area contributed by atoms with Crippen LogP contribution in [0.5, 0.6) is 0 Å². The first-order valence-corrected chi connectivity index (χ1v) is 12.6. The lowest BCUT2D eigenvalue weighted by atomic mass is 9.91. The summed E-state index contributed by atoms with van der Waals surface area (Å²) >= 11 is 12.1. The first kappa shape index (κ1) is 26.1. The predicted octanol–water partition coefficient (Wildman–Crippen LogP) is 5.05. The Morgan fingerprint density at radius 3 is 2.51 bits per heavy atom. The minimum absolute atomic E-state index is 0.103. The molecular weight excluding hydrogens is 541 g/mol. The molecule has 9 nitrogen and oxygen atoms in total. The number of aromatic nitrogens is 3. The van der Waals surface area contributed by atoms with Crippen LogP contribution < -0.4 is 5.32 Å². The molecule has 2 amide bonds. The molecule has 0 spiro atoms. The van der Waals surface area contributed by atoms with Crippen LogP contribution in [0.4, 0.5) is 5.69 Å². The highest BCUT2D eigenvalue weighted by Crippen LogP contribution is 2.31. The molecule has 0 radical (unpaired) electrons. The molecule has 196 valence electrons. The molecule has 1 aliphatic rings. The average molecular weight is 562 g/mol. The number of hydrogen-bond acceptors (Lipinski definition) is 5. The molecule has 2 N–H and O–H groups in total. The molecule has 0 aliphatic carbocycles. The van der Waals surface area contributed by atoms with E-state index in [-0.39, 0.29) is 16.6 Å². The van der Waals surface area contributed by atoms with Crippen LogP contribution in [0.2, 0.25) is 10.2 Å². The second-order valence-electron chi connectivity index (χ2n) is 8.78. The lowest BCUT2D eigenvalue weighted by Gasteiger charge is -2.35. The quantitative estimate of drug-likeness (QED) is 0.318. The second-order valence-corrected chi connectivity index (χ2v) is 9.60. The van der Waals surface area contributed by atoms with E-state index in [1.54, 1.807) is 24.3 Å². The first-order chi connectivity index (χ1) is 18.8. The van der Waals surface area contributed by atoms with Crippen molar-refractivity contribution in [1.29, 1.82) is 0 Å². The van der Waals surface area contributed by atoms with Gasteiger partial charge in [0.25, 0.3) is 5.91 Å². The molecular formula is C28H21Cl2N5O4. The number of rotatable bonds is 6. The number of benzene rings is 3. The van der Waals surface area contributed by atoms with E-state index < -0.39 is 17.9 Å². The summed E-state index contributed by atoms with van der Waals surface area (Å²) in [4.78, 5) is 39.7. The topological polar surface area (TPSA) is 117 Å². The Morgan fingerprint density at radius 2 is 1.79 bits per heavy atom. The van der Waals surface area contributed by atoms with Crippen molar-refractivity contribution in [2.24, 2.45) is 0 Å². The van der Waals surface area contributed by atoms with Crippen LogP contribution in [0.15, 0.2) is 79.0 Å². The zero-order valence-corrected chi connectivity index (χ0v) is 21.8. The Balaban J connectivity index is 1.43. The van der Waals surface area contributed by atoms with Crippen LogP contribution in [-0.2, 0) is 16.0 Å². The zero-order valence-electron chi connectivity index (χ0n) is 20.3. The Kier molecular flexibility index (Phi) is 7.44. The van der Waals surface area contributed by atoms with Crippen molar-refractivity contribution in [2.75, 3.05) is 11.9 Å². The van der Waals surface area contributed by atoms with E-state index in [2.05, 4.69) is 15.6 Å². The number of hydrogen-bond donors (Lipinski definition) is 2. The van der Waals surface area contributed by atoms with Crippen molar-refractivity contribution in [3.05, 3.63) is 111 Å². The van der Waals surface area contributed by atoms with Crippen molar-refractivity contribution < 1.29 is 19.5 Å². The van der Waals surface area contributed by atoms with Gasteiger partial charge in [0, 0.05) is 28.9 Å². The van der Waals surface area contributed by atoms with Gasteiger partial charge in [0.15, 0.2) is 5.15 Å². The van der Waals surface area contributed by atoms with Gasteiger partial charge in [-0.2, -0.15) is 0 Å². The second kappa shape index (κ2) is 11.1. The monoisotopic (exact) mass is 561 g/mol. The fourth-order valence-corrected chi connectivity index (χ4v) is 4.79. The zero-order chi connectivity index (χ0) is 27.5. The third kappa shape index (κ3) is 5.69. The first-order valence-electron chi connectivity index (χ1n) is 11.9. The highest BCUT2D eigenvalue weighted by atomic mass is 35.5. The molecule has 0 unspecified atom stereocenters. The summed E-state index contributed by atoms with van der Waals surface area (Å²) in [5.74, 6) is -1.84. The SMILES string of the molecule is O=C(O)c1ccc(NC(=O)[C@@H]2c3ccccc3CCN2C(=O)/C=C/c2cc(Cl)ccc2-n2cc(Cl)nn2)cc1. The van der Waals surface area contributed by atoms with Gasteiger partial charge < -0.3 is 15.3 Å². The van der Waals surface area contributed by atoms with Crippen LogP contribution in [0.3, 0.4) is 0 Å². The average Bonchev–Trinajstić information content (AvgIpc) is 3.37. The summed E-state index contributed by atoms with van der Waals surface area (Å²) in [6, 6.07) is 17.6. The van der Waals surface area contributed by atoms with Crippen LogP contribution in [0.25, 0.3) is 11.8 Å². The molecule has 0 saturated heterocycles. The molecule has 11 heteroatoms. The van der Waals surface area contributed by atoms with Crippen molar-refractivity contribution in [3.8, 4) is 5.69 Å². The molecule has 0 saturated carbocycles. The molecule has 1 atom stereocenters. The summed E-state index contributed by atoms with van der Waals surface area (Å²) in [6.07, 6.45) is 5.13. The largest absolute Gasteiger partial charge is 0.478 e. The van der Waals surface area contributed by atoms with E-state index in [9.17, 15) is 14.4 Å². The molecule has 4 aromatic rings. The van der Waals surface area contributed by atoms with E-state index >= 15 is 0 Å². The lowest BCUT2D eigenvalue weighted by molar-refractivity contribution is -0.135. The van der Waals surface area contributed by atoms with Crippen molar-refractivity contribution in [1.82, 2.24) is 19.9 Å². The van der Waals surface area contributed by atoms with E-state index in [1.807, 2.05) is 24.3 Å². The molecule has 3 aromatic carbocycles. The molecule has 0 bridgehead atoms. The number of carbonyl (C=O) groups excluding carboxylic acids is 2. The lowest BCUT2D eigenvalue weighted by Crippen LogP contribution is -2.44. The maximum absolute atomic E-state index is 13.5. The summed E-state index contributed by atoms with van der Waals surface area (Å²) in [5.41, 5.74) is 3.45. The highest BCUT2D eigenvalue weighted by Gasteiger charge is 2.35. The Labute approximate surface area is 233 Å². The minimum Gasteiger partial charge on any atom is -0.478 e. The van der Waals surface area contributed by atoms with Gasteiger partial charge in [-0.3, -0.25) is 9.59 Å². The van der Waals surface area contributed by atoms with E-state index in [4.69, 9.17) is 28.3 Å². The molecule has 0 fully saturated rings. The van der Waals surface area contributed by atoms with Gasteiger partial charge in [-0.25, -0.2) is 9.48 Å². The number of halogens is 2. The normalized spacial score (nSPS) is 14.7. The van der Waals surface area contributed by atoms with Crippen molar-refractivity contribution in [3.63, 3.8) is 0 Å². The molecule has 5 rings (SSSR count). The third-order valence-corrected chi connectivity index (χ3v) is 6.73. The van der Waals surface area contributed by atoms with Crippen molar-refractivity contribution >= 4 is 52.7 Å². The molecule has 39 heavy (non-hydrogen) atoms. The van der Waals surface area contributed by atoms with Gasteiger partial charge in [-0.15, -0.1) is 5.10 Å². The predicted molar refractivity (Wildman–Crippen MR) is 147 cm³/mol. The van der Waals surface area contributed by atoms with E-state index in [0.717, 1.165) is 11.1 Å². The number of nitrogens with one attached hydrogen (secondary N) is 1. The highest BCUT2D eigenvalue weighted by molar-refractivity contribution is 6.30. The van der Waals surface area contributed by atoms with E-state index in [0.29, 0.717) is 34.9 Å². The third-order valence-electron chi connectivity index (χ3n) is 6.32. The van der Waals surface area contributed by atoms with Crippen LogP contribution in [0, 0.1) is 0 Å². The van der Waals surface area contributed by atoms with Gasteiger partial charge >= 0.3 is 5.97 Å². The number of carbonyl (C=O) groups is 3. The number of fused-ring (bicyclic) bond motifs is 1. The summed E-state index contributed by atoms with van der Waals surface area (Å²) in [7, 11) is 0. The Morgan fingerprint density at radius 1 is 1.03 bits per heavy atom. The Bertz CT molecular complexity index is 1600. The van der Waals surface area contributed by atoms with Gasteiger partial charge in [-0.05, 0) is 66.1 Å². The fourth-order valence-electron chi connectivity index (χ4n) is 4.48. The van der Waals surface area contributed by atoms with Gasteiger partial charge in [-0.1, -0.05) is 52.7 Å². The summed E-state index contributed by atoms with van der Waals surface area (Å²) in [5, 5.41) is 20.4. The maximum Gasteiger partial charge on any atom is 0.335 e. The number of aromatic carboxylic acids is 1. The molecule has 2 heterocycles. The van der Waals surface area contributed by atoms with E-state index in [1.165, 1.54) is 46.1 Å². The summed E-state index contributed by atoms with van der Waals surface area (Å²) in [6.45, 7) is 0.331. The van der Waals surface area contributed by atoms with Gasteiger partial charge in [0.2, 0.25) is 5.91 Å². The summed E-state index contributed by atoms with van der Waals surface area (Å²) < 4.78 is 1.48. The van der Waals surface area contributed by atoms with Crippen molar-refractivity contribution in [2.45, 2.75) is 12.5 Å². The number of carboxylic acids is 1. The number of anilines is 1. The van der Waals surface area contributed by atoms with Gasteiger partial charge in [0.1, 0.15) is 6.04 Å². The molecule has 1 aromatic heterocycles. The van der Waals surface area contributed by atoms with Crippen LogP contribution in [0.1, 0.15) is 33.1 Å². The number of amides is 2. The fraction of sp³-hybridized carbons (Fsp3) is 0.107. The number of carboxylic acid groups (broad SMARTS) is 1. The smallest absolute Gasteiger partial charge is 0.335 e. The Hall–Kier alpha value is -4.47. The molecule has 1 aliphatic heterocycles. The van der Waals surface area contributed by atoms with Gasteiger partial charge in [0.05, 0.1) is 17.4 Å². The van der Waals surface area contributed by atoms with Crippen LogP contribution in [-0.4, -0.2) is 49.3 Å². The standard InChI is InChI=1S/C28H21Cl2N5O4/c29-20-8-11-23(35-16-24(30)32-33-35)19(15-20)7-12-25(36)34-14-13-17-3-1-2-4-22(17)26(34)27(37)31-21-9-5-18(6-10-21)28(38)39/h1-12,15-16,26H,13-14H2,(H,31,37)(H,38,39)/b12-7+/t26-/m0/s1.